The van der Waals surface area contributed by atoms with Crippen LogP contribution >= 0.6 is 11.6 Å². The molecule has 20 heavy (non-hydrogen) atoms. The van der Waals surface area contributed by atoms with E-state index >= 15 is 0 Å². The molecule has 1 saturated heterocycles. The van der Waals surface area contributed by atoms with E-state index in [2.05, 4.69) is 17.3 Å². The minimum absolute atomic E-state index is 0.0130. The highest BCUT2D eigenvalue weighted by atomic mass is 35.5. The molecule has 1 fully saturated rings. The lowest BCUT2D eigenvalue weighted by Crippen LogP contribution is -2.32. The zero-order chi connectivity index (χ0) is 14.4. The minimum Gasteiger partial charge on any atom is -0.352 e. The smallest absolute Gasteiger partial charge is 0.251 e. The van der Waals surface area contributed by atoms with Crippen LogP contribution in [0.2, 0.25) is 0 Å². The fourth-order valence-electron chi connectivity index (χ4n) is 2.59. The zero-order valence-corrected chi connectivity index (χ0v) is 12.8. The van der Waals surface area contributed by atoms with Gasteiger partial charge in [-0.2, -0.15) is 0 Å². The number of piperidine rings is 1. The average molecular weight is 295 g/mol. The van der Waals surface area contributed by atoms with Crippen LogP contribution in [0.25, 0.3) is 0 Å². The minimum atomic E-state index is 0.0130. The second kappa shape index (κ2) is 7.65. The van der Waals surface area contributed by atoms with Gasteiger partial charge in [0.2, 0.25) is 0 Å². The predicted octanol–water partition coefficient (Wildman–Crippen LogP) is 2.89. The van der Waals surface area contributed by atoms with E-state index in [-0.39, 0.29) is 5.91 Å². The summed E-state index contributed by atoms with van der Waals surface area (Å²) in [5.41, 5.74) is 1.75. The summed E-state index contributed by atoms with van der Waals surface area (Å²) in [4.78, 5) is 14.4. The Balaban J connectivity index is 1.71. The van der Waals surface area contributed by atoms with Crippen LogP contribution in [0.5, 0.6) is 0 Å². The maximum atomic E-state index is 12.0. The van der Waals surface area contributed by atoms with Gasteiger partial charge in [-0.15, -0.1) is 11.6 Å². The highest BCUT2D eigenvalue weighted by Gasteiger charge is 2.16. The number of alkyl halides is 1. The van der Waals surface area contributed by atoms with E-state index in [0.717, 1.165) is 24.4 Å². The van der Waals surface area contributed by atoms with Crippen LogP contribution in [0.3, 0.4) is 0 Å². The summed E-state index contributed by atoms with van der Waals surface area (Å²) in [6, 6.07) is 7.48. The molecular formula is C16H23ClN2O. The Morgan fingerprint density at radius 1 is 1.30 bits per heavy atom. The molecule has 0 aromatic heterocycles. The van der Waals surface area contributed by atoms with Crippen molar-refractivity contribution in [2.45, 2.75) is 25.1 Å². The standard InChI is InChI=1S/C16H23ClN2O/c1-19-10-7-13(8-11-19)6-9-18-16(20)15-4-2-14(12-17)3-5-15/h2-5,13H,6-12H2,1H3,(H,18,20). The molecule has 0 spiro atoms. The molecule has 4 heteroatoms. The Morgan fingerprint density at radius 3 is 2.55 bits per heavy atom. The van der Waals surface area contributed by atoms with Crippen LogP contribution in [-0.4, -0.2) is 37.5 Å². The SMILES string of the molecule is CN1CCC(CCNC(=O)c2ccc(CCl)cc2)CC1. The van der Waals surface area contributed by atoms with Gasteiger partial charge in [-0.3, -0.25) is 4.79 Å². The highest BCUT2D eigenvalue weighted by molar-refractivity contribution is 6.17. The molecule has 0 radical (unpaired) electrons. The van der Waals surface area contributed by atoms with Crippen molar-refractivity contribution in [2.75, 3.05) is 26.7 Å². The Labute approximate surface area is 126 Å². The molecule has 1 aromatic rings. The number of amides is 1. The molecular weight excluding hydrogens is 272 g/mol. The summed E-state index contributed by atoms with van der Waals surface area (Å²) in [7, 11) is 2.17. The molecule has 1 aliphatic rings. The topological polar surface area (TPSA) is 32.3 Å². The number of halogens is 1. The number of nitrogens with zero attached hydrogens (tertiary/aromatic N) is 1. The van der Waals surface area contributed by atoms with Crippen molar-refractivity contribution in [3.8, 4) is 0 Å². The number of hydrogen-bond acceptors (Lipinski definition) is 2. The number of rotatable bonds is 5. The van der Waals surface area contributed by atoms with Crippen molar-refractivity contribution >= 4 is 17.5 Å². The van der Waals surface area contributed by atoms with Crippen molar-refractivity contribution in [3.63, 3.8) is 0 Å². The quantitative estimate of drug-likeness (QED) is 0.847. The van der Waals surface area contributed by atoms with Gasteiger partial charge in [0.15, 0.2) is 0 Å². The van der Waals surface area contributed by atoms with E-state index in [1.807, 2.05) is 24.3 Å². The Bertz CT molecular complexity index is 425. The summed E-state index contributed by atoms with van der Waals surface area (Å²) in [6.07, 6.45) is 3.58. The molecule has 0 saturated carbocycles. The van der Waals surface area contributed by atoms with Gasteiger partial charge in [-0.05, 0) is 63.0 Å². The summed E-state index contributed by atoms with van der Waals surface area (Å²) >= 11 is 5.73. The van der Waals surface area contributed by atoms with Gasteiger partial charge in [-0.25, -0.2) is 0 Å². The average Bonchev–Trinajstić information content (AvgIpc) is 2.49. The maximum Gasteiger partial charge on any atom is 0.251 e. The van der Waals surface area contributed by atoms with Crippen LogP contribution in [-0.2, 0) is 5.88 Å². The van der Waals surface area contributed by atoms with E-state index in [9.17, 15) is 4.79 Å². The van der Waals surface area contributed by atoms with Gasteiger partial charge < -0.3 is 10.2 Å². The van der Waals surface area contributed by atoms with Gasteiger partial charge in [0, 0.05) is 18.0 Å². The lowest BCUT2D eigenvalue weighted by atomic mass is 9.94. The number of nitrogens with one attached hydrogen (secondary N) is 1. The van der Waals surface area contributed by atoms with Crippen molar-refractivity contribution in [3.05, 3.63) is 35.4 Å². The molecule has 0 aliphatic carbocycles. The third-order valence-electron chi connectivity index (χ3n) is 4.05. The van der Waals surface area contributed by atoms with Crippen LogP contribution < -0.4 is 5.32 Å². The monoisotopic (exact) mass is 294 g/mol. The molecule has 110 valence electrons. The summed E-state index contributed by atoms with van der Waals surface area (Å²) < 4.78 is 0. The van der Waals surface area contributed by atoms with E-state index in [4.69, 9.17) is 11.6 Å². The lowest BCUT2D eigenvalue weighted by molar-refractivity contribution is 0.0949. The van der Waals surface area contributed by atoms with Crippen LogP contribution in [0.1, 0.15) is 35.2 Å². The van der Waals surface area contributed by atoms with E-state index in [1.165, 1.54) is 25.9 Å². The van der Waals surface area contributed by atoms with E-state index in [1.54, 1.807) is 0 Å². The lowest BCUT2D eigenvalue weighted by Gasteiger charge is -2.28. The number of carbonyl (C=O) groups excluding carboxylic acids is 1. The second-order valence-corrected chi connectivity index (χ2v) is 5.89. The van der Waals surface area contributed by atoms with Crippen LogP contribution in [0.4, 0.5) is 0 Å². The zero-order valence-electron chi connectivity index (χ0n) is 12.1. The van der Waals surface area contributed by atoms with Crippen molar-refractivity contribution < 1.29 is 4.79 Å². The van der Waals surface area contributed by atoms with Gasteiger partial charge in [0.1, 0.15) is 0 Å². The second-order valence-electron chi connectivity index (χ2n) is 5.62. The number of benzene rings is 1. The molecule has 3 nitrogen and oxygen atoms in total. The molecule has 1 N–H and O–H groups in total. The van der Waals surface area contributed by atoms with Gasteiger partial charge in [0.25, 0.3) is 5.91 Å². The molecule has 0 bridgehead atoms. The number of hydrogen-bond donors (Lipinski definition) is 1. The molecule has 1 heterocycles. The normalized spacial score (nSPS) is 17.1. The predicted molar refractivity (Wildman–Crippen MR) is 83.2 cm³/mol. The molecule has 1 amide bonds. The Kier molecular flexibility index (Phi) is 5.86. The number of likely N-dealkylation sites (tertiary alicyclic amines) is 1. The Morgan fingerprint density at radius 2 is 1.95 bits per heavy atom. The van der Waals surface area contributed by atoms with Crippen LogP contribution in [0.15, 0.2) is 24.3 Å². The Hall–Kier alpha value is -1.06. The van der Waals surface area contributed by atoms with E-state index < -0.39 is 0 Å². The van der Waals surface area contributed by atoms with Gasteiger partial charge >= 0.3 is 0 Å². The summed E-state index contributed by atoms with van der Waals surface area (Å²) in [5.74, 6) is 1.25. The third-order valence-corrected chi connectivity index (χ3v) is 4.36. The molecule has 1 aliphatic heterocycles. The molecule has 1 aromatic carbocycles. The van der Waals surface area contributed by atoms with Crippen molar-refractivity contribution in [1.29, 1.82) is 0 Å². The van der Waals surface area contributed by atoms with Crippen molar-refractivity contribution in [1.82, 2.24) is 10.2 Å². The molecule has 0 atom stereocenters. The highest BCUT2D eigenvalue weighted by Crippen LogP contribution is 2.18. The summed E-state index contributed by atoms with van der Waals surface area (Å²) in [6.45, 7) is 3.13. The third kappa shape index (κ3) is 4.50. The first kappa shape index (κ1) is 15.3. The fraction of sp³-hybridized carbons (Fsp3) is 0.562. The first-order chi connectivity index (χ1) is 9.69. The largest absolute Gasteiger partial charge is 0.352 e. The van der Waals surface area contributed by atoms with Crippen LogP contribution in [0, 0.1) is 5.92 Å². The van der Waals surface area contributed by atoms with Gasteiger partial charge in [-0.1, -0.05) is 12.1 Å². The van der Waals surface area contributed by atoms with Gasteiger partial charge in [0.05, 0.1) is 0 Å². The number of carbonyl (C=O) groups is 1. The summed E-state index contributed by atoms with van der Waals surface area (Å²) in [5, 5.41) is 3.01. The van der Waals surface area contributed by atoms with Crippen molar-refractivity contribution in [2.24, 2.45) is 5.92 Å². The van der Waals surface area contributed by atoms with E-state index in [0.29, 0.717) is 11.4 Å². The first-order valence-corrected chi connectivity index (χ1v) is 7.84. The first-order valence-electron chi connectivity index (χ1n) is 7.30. The maximum absolute atomic E-state index is 12.0. The fourth-order valence-corrected chi connectivity index (χ4v) is 2.77. The molecule has 2 rings (SSSR count). The molecule has 0 unspecified atom stereocenters.